The molecule has 1 aliphatic heterocycles. The van der Waals surface area contributed by atoms with Crippen molar-refractivity contribution in [2.45, 2.75) is 31.8 Å². The molecule has 1 aromatic rings. The minimum atomic E-state index is -0.326. The zero-order chi connectivity index (χ0) is 12.1. The molecule has 1 heterocycles. The normalized spacial score (nSPS) is 19.5. The van der Waals surface area contributed by atoms with Gasteiger partial charge in [-0.3, -0.25) is 0 Å². The zero-order valence-corrected chi connectivity index (χ0v) is 9.82. The Balaban J connectivity index is 1.72. The molecule has 1 unspecified atom stereocenters. The number of hydrogen-bond acceptors (Lipinski definition) is 3. The van der Waals surface area contributed by atoms with E-state index >= 15 is 0 Å². The molecule has 2 rings (SSSR count). The molecule has 0 saturated carbocycles. The molecular formula is C13H18FNO2. The highest BCUT2D eigenvalue weighted by atomic mass is 19.1. The molecular weight excluding hydrogens is 221 g/mol. The van der Waals surface area contributed by atoms with Crippen LogP contribution in [0.4, 0.5) is 10.1 Å². The van der Waals surface area contributed by atoms with Gasteiger partial charge in [0, 0.05) is 12.7 Å². The first-order chi connectivity index (χ1) is 8.25. The fourth-order valence-electron chi connectivity index (χ4n) is 2.00. The number of halogens is 1. The van der Waals surface area contributed by atoms with E-state index in [4.69, 9.17) is 15.2 Å². The van der Waals surface area contributed by atoms with Gasteiger partial charge in [0.15, 0.2) is 0 Å². The minimum Gasteiger partial charge on any atom is -0.491 e. The largest absolute Gasteiger partial charge is 0.491 e. The summed E-state index contributed by atoms with van der Waals surface area (Å²) >= 11 is 0. The summed E-state index contributed by atoms with van der Waals surface area (Å²) in [6.07, 6.45) is 4.57. The van der Waals surface area contributed by atoms with Crippen LogP contribution < -0.4 is 10.5 Å². The third-order valence-corrected chi connectivity index (χ3v) is 2.93. The highest BCUT2D eigenvalue weighted by molar-refractivity contribution is 5.52. The first-order valence-corrected chi connectivity index (χ1v) is 6.05. The van der Waals surface area contributed by atoms with E-state index in [0.29, 0.717) is 24.1 Å². The number of anilines is 1. The Bertz CT molecular complexity index is 364. The molecule has 0 amide bonds. The summed E-state index contributed by atoms with van der Waals surface area (Å²) in [4.78, 5) is 0. The van der Waals surface area contributed by atoms with Crippen LogP contribution in [0.3, 0.4) is 0 Å². The zero-order valence-electron chi connectivity index (χ0n) is 9.82. The molecule has 94 valence electrons. The van der Waals surface area contributed by atoms with Crippen molar-refractivity contribution in [1.82, 2.24) is 0 Å². The average Bonchev–Trinajstić information content (AvgIpc) is 2.82. The number of nitrogens with two attached hydrogens (primary N) is 1. The molecule has 0 spiro atoms. The first kappa shape index (κ1) is 12.2. The highest BCUT2D eigenvalue weighted by Gasteiger charge is 2.14. The van der Waals surface area contributed by atoms with Crippen LogP contribution in [0.5, 0.6) is 5.75 Å². The van der Waals surface area contributed by atoms with E-state index in [1.165, 1.54) is 18.2 Å². The van der Waals surface area contributed by atoms with Gasteiger partial charge in [0.05, 0.1) is 18.4 Å². The predicted molar refractivity (Wildman–Crippen MR) is 64.5 cm³/mol. The second-order valence-electron chi connectivity index (χ2n) is 4.31. The molecule has 1 aliphatic rings. The molecule has 0 bridgehead atoms. The van der Waals surface area contributed by atoms with Crippen LogP contribution in [0.15, 0.2) is 18.2 Å². The van der Waals surface area contributed by atoms with Crippen molar-refractivity contribution >= 4 is 5.69 Å². The van der Waals surface area contributed by atoms with Gasteiger partial charge in [0.2, 0.25) is 0 Å². The number of nitrogen functional groups attached to an aromatic ring is 1. The molecule has 3 nitrogen and oxygen atoms in total. The number of benzene rings is 1. The lowest BCUT2D eigenvalue weighted by atomic mass is 10.1. The van der Waals surface area contributed by atoms with E-state index < -0.39 is 0 Å². The molecule has 0 aromatic heterocycles. The van der Waals surface area contributed by atoms with Crippen LogP contribution in [-0.4, -0.2) is 19.3 Å². The monoisotopic (exact) mass is 239 g/mol. The molecule has 0 aliphatic carbocycles. The van der Waals surface area contributed by atoms with Crippen LogP contribution in [0.2, 0.25) is 0 Å². The summed E-state index contributed by atoms with van der Waals surface area (Å²) in [5.74, 6) is 0.102. The van der Waals surface area contributed by atoms with Crippen LogP contribution in [0.1, 0.15) is 25.7 Å². The second kappa shape index (κ2) is 5.87. The van der Waals surface area contributed by atoms with E-state index in [1.54, 1.807) is 0 Å². The molecule has 2 N–H and O–H groups in total. The van der Waals surface area contributed by atoms with Gasteiger partial charge in [-0.15, -0.1) is 0 Å². The Labute approximate surface area is 101 Å². The summed E-state index contributed by atoms with van der Waals surface area (Å²) < 4.78 is 23.9. The van der Waals surface area contributed by atoms with Crippen LogP contribution in [0.25, 0.3) is 0 Å². The second-order valence-corrected chi connectivity index (χ2v) is 4.31. The van der Waals surface area contributed by atoms with Gasteiger partial charge in [-0.25, -0.2) is 4.39 Å². The third kappa shape index (κ3) is 3.60. The quantitative estimate of drug-likeness (QED) is 0.634. The Kier molecular flexibility index (Phi) is 4.20. The Morgan fingerprint density at radius 3 is 3.12 bits per heavy atom. The van der Waals surface area contributed by atoms with Gasteiger partial charge in [-0.05, 0) is 37.8 Å². The summed E-state index contributed by atoms with van der Waals surface area (Å²) in [5.41, 5.74) is 6.15. The lowest BCUT2D eigenvalue weighted by Crippen LogP contribution is -2.08. The van der Waals surface area contributed by atoms with Gasteiger partial charge >= 0.3 is 0 Å². The molecule has 17 heavy (non-hydrogen) atoms. The summed E-state index contributed by atoms with van der Waals surface area (Å²) in [6, 6.07) is 4.17. The van der Waals surface area contributed by atoms with E-state index in [-0.39, 0.29) is 5.82 Å². The SMILES string of the molecule is Nc1ccc(F)cc1OCCCC1CCCO1. The van der Waals surface area contributed by atoms with E-state index in [0.717, 1.165) is 32.3 Å². The summed E-state index contributed by atoms with van der Waals surface area (Å²) in [5, 5.41) is 0. The topological polar surface area (TPSA) is 44.5 Å². The van der Waals surface area contributed by atoms with Crippen molar-refractivity contribution in [3.63, 3.8) is 0 Å². The predicted octanol–water partition coefficient (Wildman–Crippen LogP) is 2.75. The molecule has 1 saturated heterocycles. The van der Waals surface area contributed by atoms with Gasteiger partial charge < -0.3 is 15.2 Å². The average molecular weight is 239 g/mol. The van der Waals surface area contributed by atoms with Gasteiger partial charge in [-0.2, -0.15) is 0 Å². The summed E-state index contributed by atoms with van der Waals surface area (Å²) in [7, 11) is 0. The fraction of sp³-hybridized carbons (Fsp3) is 0.538. The lowest BCUT2D eigenvalue weighted by molar-refractivity contribution is 0.0981. The smallest absolute Gasteiger partial charge is 0.145 e. The maximum atomic E-state index is 12.9. The van der Waals surface area contributed by atoms with E-state index in [1.807, 2.05) is 0 Å². The third-order valence-electron chi connectivity index (χ3n) is 2.93. The number of rotatable bonds is 5. The van der Waals surface area contributed by atoms with Crippen LogP contribution in [0, 0.1) is 5.82 Å². The van der Waals surface area contributed by atoms with Crippen LogP contribution in [-0.2, 0) is 4.74 Å². The maximum Gasteiger partial charge on any atom is 0.145 e. The Morgan fingerprint density at radius 2 is 2.35 bits per heavy atom. The van der Waals surface area contributed by atoms with Crippen molar-refractivity contribution in [2.24, 2.45) is 0 Å². The minimum absolute atomic E-state index is 0.326. The molecule has 1 fully saturated rings. The van der Waals surface area contributed by atoms with E-state index in [9.17, 15) is 4.39 Å². The Hall–Kier alpha value is -1.29. The molecule has 0 radical (unpaired) electrons. The summed E-state index contributed by atoms with van der Waals surface area (Å²) in [6.45, 7) is 1.43. The lowest BCUT2D eigenvalue weighted by Gasteiger charge is -2.11. The highest BCUT2D eigenvalue weighted by Crippen LogP contribution is 2.23. The van der Waals surface area contributed by atoms with Gasteiger partial charge in [0.1, 0.15) is 11.6 Å². The van der Waals surface area contributed by atoms with Crippen molar-refractivity contribution in [3.05, 3.63) is 24.0 Å². The molecule has 4 heteroatoms. The molecule has 1 aromatic carbocycles. The van der Waals surface area contributed by atoms with Crippen molar-refractivity contribution in [1.29, 1.82) is 0 Å². The van der Waals surface area contributed by atoms with Crippen LogP contribution >= 0.6 is 0 Å². The van der Waals surface area contributed by atoms with Crippen molar-refractivity contribution in [3.8, 4) is 5.75 Å². The molecule has 1 atom stereocenters. The van der Waals surface area contributed by atoms with Gasteiger partial charge in [0.25, 0.3) is 0 Å². The van der Waals surface area contributed by atoms with Crippen molar-refractivity contribution in [2.75, 3.05) is 18.9 Å². The fourth-order valence-corrected chi connectivity index (χ4v) is 2.00. The number of ether oxygens (including phenoxy) is 2. The maximum absolute atomic E-state index is 12.9. The van der Waals surface area contributed by atoms with E-state index in [2.05, 4.69) is 0 Å². The van der Waals surface area contributed by atoms with Crippen molar-refractivity contribution < 1.29 is 13.9 Å². The first-order valence-electron chi connectivity index (χ1n) is 6.05. The number of hydrogen-bond donors (Lipinski definition) is 1. The Morgan fingerprint density at radius 1 is 1.47 bits per heavy atom. The van der Waals surface area contributed by atoms with Gasteiger partial charge in [-0.1, -0.05) is 0 Å². The standard InChI is InChI=1S/C13H18FNO2/c14-10-5-6-12(15)13(9-10)17-8-2-4-11-3-1-7-16-11/h5-6,9,11H,1-4,7-8,15H2.